The van der Waals surface area contributed by atoms with Gasteiger partial charge in [-0.25, -0.2) is 4.79 Å². The van der Waals surface area contributed by atoms with Crippen LogP contribution in [0.15, 0.2) is 0 Å². The third kappa shape index (κ3) is 11.0. The minimum atomic E-state index is -0.905. The van der Waals surface area contributed by atoms with Crippen LogP contribution in [0.2, 0.25) is 0 Å². The first kappa shape index (κ1) is 15.7. The van der Waals surface area contributed by atoms with E-state index in [0.717, 1.165) is 0 Å². The summed E-state index contributed by atoms with van der Waals surface area (Å²) in [5.74, 6) is -0.905. The number of nitrogens with one attached hydrogen (secondary N) is 1. The van der Waals surface area contributed by atoms with Crippen molar-refractivity contribution in [3.05, 3.63) is 0 Å². The van der Waals surface area contributed by atoms with Crippen LogP contribution < -0.4 is 11.1 Å². The summed E-state index contributed by atoms with van der Waals surface area (Å²) in [5.41, 5.74) is 5.06. The fraction of sp³-hybridized carbons (Fsp3) is 0.818. The normalized spacial score (nSPS) is 12.9. The van der Waals surface area contributed by atoms with Gasteiger partial charge in [0.2, 0.25) is 0 Å². The first-order valence-electron chi connectivity index (χ1n) is 5.65. The summed E-state index contributed by atoms with van der Waals surface area (Å²) in [7, 11) is 0. The van der Waals surface area contributed by atoms with Crippen LogP contribution in [0.4, 0.5) is 4.79 Å². The number of ether oxygens (including phenoxy) is 1. The molecule has 0 aliphatic rings. The molecule has 0 aliphatic heterocycles. The highest BCUT2D eigenvalue weighted by molar-refractivity contribution is 5.68. The van der Waals surface area contributed by atoms with Gasteiger partial charge in [-0.1, -0.05) is 0 Å². The van der Waals surface area contributed by atoms with Crippen molar-refractivity contribution in [2.75, 3.05) is 6.54 Å². The van der Waals surface area contributed by atoms with E-state index in [1.807, 2.05) is 0 Å². The van der Waals surface area contributed by atoms with E-state index in [1.54, 1.807) is 20.8 Å². The van der Waals surface area contributed by atoms with Crippen LogP contribution in [0.1, 0.15) is 40.0 Å². The topological polar surface area (TPSA) is 102 Å². The van der Waals surface area contributed by atoms with Crippen molar-refractivity contribution in [2.24, 2.45) is 5.73 Å². The summed E-state index contributed by atoms with van der Waals surface area (Å²) in [5, 5.41) is 11.1. The summed E-state index contributed by atoms with van der Waals surface area (Å²) in [6, 6.07) is -0.368. The molecule has 6 heteroatoms. The molecule has 6 nitrogen and oxygen atoms in total. The Labute approximate surface area is 102 Å². The van der Waals surface area contributed by atoms with Crippen molar-refractivity contribution < 1.29 is 19.4 Å². The second-order valence-electron chi connectivity index (χ2n) is 4.93. The van der Waals surface area contributed by atoms with Gasteiger partial charge in [-0.2, -0.15) is 0 Å². The van der Waals surface area contributed by atoms with Gasteiger partial charge < -0.3 is 20.9 Å². The first-order chi connectivity index (χ1) is 7.70. The highest BCUT2D eigenvalue weighted by atomic mass is 16.6. The molecular weight excluding hydrogens is 224 g/mol. The minimum absolute atomic E-state index is 0.0492. The molecule has 0 fully saturated rings. The molecule has 1 unspecified atom stereocenters. The average Bonchev–Trinajstić information content (AvgIpc) is 2.08. The molecule has 0 spiro atoms. The maximum absolute atomic E-state index is 11.2. The summed E-state index contributed by atoms with van der Waals surface area (Å²) in [4.78, 5) is 21.6. The Morgan fingerprint density at radius 1 is 1.41 bits per heavy atom. The van der Waals surface area contributed by atoms with Crippen LogP contribution in [0.25, 0.3) is 0 Å². The van der Waals surface area contributed by atoms with Crippen molar-refractivity contribution in [3.63, 3.8) is 0 Å². The maximum Gasteiger partial charge on any atom is 0.407 e. The quantitative estimate of drug-likeness (QED) is 0.609. The van der Waals surface area contributed by atoms with E-state index in [4.69, 9.17) is 15.6 Å². The molecule has 1 atom stereocenters. The SMILES string of the molecule is CC(C)(C)OC(=O)NCCCC(N)CC(=O)O. The van der Waals surface area contributed by atoms with Crippen molar-refractivity contribution in [2.45, 2.75) is 51.7 Å². The predicted octanol–water partition coefficient (Wildman–Crippen LogP) is 1.09. The summed E-state index contributed by atoms with van der Waals surface area (Å²) in [6.07, 6.45) is 0.673. The molecule has 0 bridgehead atoms. The molecule has 0 aromatic heterocycles. The minimum Gasteiger partial charge on any atom is -0.481 e. The summed E-state index contributed by atoms with van der Waals surface area (Å²) < 4.78 is 5.03. The Morgan fingerprint density at radius 3 is 2.47 bits per heavy atom. The number of carboxylic acids is 1. The van der Waals surface area contributed by atoms with Gasteiger partial charge in [-0.15, -0.1) is 0 Å². The Balaban J connectivity index is 3.58. The van der Waals surface area contributed by atoms with Crippen LogP contribution in [0.5, 0.6) is 0 Å². The Hall–Kier alpha value is -1.30. The van der Waals surface area contributed by atoms with Crippen LogP contribution in [0.3, 0.4) is 0 Å². The molecule has 100 valence electrons. The maximum atomic E-state index is 11.2. The molecule has 0 rings (SSSR count). The van der Waals surface area contributed by atoms with Crippen LogP contribution in [-0.4, -0.2) is 35.4 Å². The summed E-state index contributed by atoms with van der Waals surface area (Å²) in [6.45, 7) is 5.79. The molecule has 0 saturated heterocycles. The standard InChI is InChI=1S/C11H22N2O4/c1-11(2,3)17-10(16)13-6-4-5-8(12)7-9(14)15/h8H,4-7,12H2,1-3H3,(H,13,16)(H,14,15). The lowest BCUT2D eigenvalue weighted by molar-refractivity contribution is -0.137. The third-order valence-corrected chi connectivity index (χ3v) is 1.86. The zero-order chi connectivity index (χ0) is 13.5. The zero-order valence-corrected chi connectivity index (χ0v) is 10.7. The molecule has 0 saturated carbocycles. The smallest absolute Gasteiger partial charge is 0.407 e. The van der Waals surface area contributed by atoms with Gasteiger partial charge in [0.05, 0.1) is 6.42 Å². The fourth-order valence-corrected chi connectivity index (χ4v) is 1.20. The van der Waals surface area contributed by atoms with E-state index in [0.29, 0.717) is 19.4 Å². The van der Waals surface area contributed by atoms with Crippen molar-refractivity contribution in [1.82, 2.24) is 5.32 Å². The zero-order valence-electron chi connectivity index (χ0n) is 10.7. The van der Waals surface area contributed by atoms with Gasteiger partial charge >= 0.3 is 12.1 Å². The van der Waals surface area contributed by atoms with Crippen LogP contribution in [-0.2, 0) is 9.53 Å². The number of carboxylic acid groups (broad SMARTS) is 1. The fourth-order valence-electron chi connectivity index (χ4n) is 1.20. The molecule has 1 amide bonds. The number of hydrogen-bond donors (Lipinski definition) is 3. The number of nitrogens with two attached hydrogens (primary N) is 1. The van der Waals surface area contributed by atoms with Gasteiger partial charge in [0.15, 0.2) is 0 Å². The number of rotatable bonds is 6. The van der Waals surface area contributed by atoms with E-state index >= 15 is 0 Å². The molecule has 17 heavy (non-hydrogen) atoms. The van der Waals surface area contributed by atoms with E-state index in [9.17, 15) is 9.59 Å². The average molecular weight is 246 g/mol. The van der Waals surface area contributed by atoms with Gasteiger partial charge in [0, 0.05) is 12.6 Å². The number of hydrogen-bond acceptors (Lipinski definition) is 4. The Kier molecular flexibility index (Phi) is 6.57. The highest BCUT2D eigenvalue weighted by Gasteiger charge is 2.15. The highest BCUT2D eigenvalue weighted by Crippen LogP contribution is 2.06. The number of carbonyl (C=O) groups is 2. The van der Waals surface area contributed by atoms with Crippen molar-refractivity contribution in [3.8, 4) is 0 Å². The monoisotopic (exact) mass is 246 g/mol. The van der Waals surface area contributed by atoms with Crippen LogP contribution >= 0.6 is 0 Å². The van der Waals surface area contributed by atoms with Gasteiger partial charge in [0.1, 0.15) is 5.60 Å². The predicted molar refractivity (Wildman–Crippen MR) is 63.7 cm³/mol. The van der Waals surface area contributed by atoms with Crippen molar-refractivity contribution in [1.29, 1.82) is 0 Å². The van der Waals surface area contributed by atoms with Gasteiger partial charge in [-0.05, 0) is 33.6 Å². The Morgan fingerprint density at radius 2 is 2.00 bits per heavy atom. The Bertz CT molecular complexity index is 261. The van der Waals surface area contributed by atoms with E-state index in [-0.39, 0.29) is 12.5 Å². The molecule has 0 aromatic rings. The molecule has 0 heterocycles. The van der Waals surface area contributed by atoms with E-state index in [2.05, 4.69) is 5.32 Å². The lowest BCUT2D eigenvalue weighted by Crippen LogP contribution is -2.33. The molecular formula is C11H22N2O4. The summed E-state index contributed by atoms with van der Waals surface area (Å²) >= 11 is 0. The lowest BCUT2D eigenvalue weighted by Gasteiger charge is -2.19. The van der Waals surface area contributed by atoms with E-state index < -0.39 is 17.7 Å². The number of amides is 1. The van der Waals surface area contributed by atoms with Crippen LogP contribution in [0, 0.1) is 0 Å². The van der Waals surface area contributed by atoms with Crippen molar-refractivity contribution >= 4 is 12.1 Å². The number of aliphatic carboxylic acids is 1. The molecule has 0 radical (unpaired) electrons. The molecule has 4 N–H and O–H groups in total. The number of alkyl carbamates (subject to hydrolysis) is 1. The van der Waals surface area contributed by atoms with Gasteiger partial charge in [0.25, 0.3) is 0 Å². The van der Waals surface area contributed by atoms with Gasteiger partial charge in [-0.3, -0.25) is 4.79 Å². The largest absolute Gasteiger partial charge is 0.481 e. The second kappa shape index (κ2) is 7.11. The third-order valence-electron chi connectivity index (χ3n) is 1.86. The lowest BCUT2D eigenvalue weighted by atomic mass is 10.1. The molecule has 0 aliphatic carbocycles. The molecule has 0 aromatic carbocycles. The number of carbonyl (C=O) groups excluding carboxylic acids is 1. The first-order valence-corrected chi connectivity index (χ1v) is 5.65. The van der Waals surface area contributed by atoms with E-state index in [1.165, 1.54) is 0 Å². The second-order valence-corrected chi connectivity index (χ2v) is 4.93.